The molecular weight excluding hydrogens is 342 g/mol. The van der Waals surface area contributed by atoms with Crippen LogP contribution in [0.4, 0.5) is 0 Å². The molecule has 0 atom stereocenters. The van der Waals surface area contributed by atoms with Gasteiger partial charge >= 0.3 is 56.2 Å². The first-order valence-electron chi connectivity index (χ1n) is 1.63. The zero-order valence-corrected chi connectivity index (χ0v) is 10.0. The first-order valence-corrected chi connectivity index (χ1v) is 1.63. The van der Waals surface area contributed by atoms with E-state index in [2.05, 4.69) is 54.0 Å². The molecule has 8 nitrogen and oxygen atoms in total. The van der Waals surface area contributed by atoms with E-state index in [1.165, 1.54) is 0 Å². The van der Waals surface area contributed by atoms with Crippen LogP contribution >= 0.6 is 0 Å². The Kier molecular flexibility index (Phi) is 7690. The Morgan fingerprint density at radius 1 is 0.333 bits per heavy atom. The van der Waals surface area contributed by atoms with Crippen LogP contribution in [0, 0.1) is 13.3 Å². The van der Waals surface area contributed by atoms with Crippen LogP contribution in [0.5, 0.6) is 0 Å². The Morgan fingerprint density at radius 2 is 0.333 bits per heavy atom. The molecule has 6 radical (unpaired) electrons. The Labute approximate surface area is 126 Å². The molecule has 0 N–H and O–H groups in total. The summed E-state index contributed by atoms with van der Waals surface area (Å²) < 4.78 is 15.0. The summed E-state index contributed by atoms with van der Waals surface area (Å²) in [6, 6.07) is 0. The predicted molar refractivity (Wildman–Crippen MR) is 42.0 cm³/mol. The van der Waals surface area contributed by atoms with Gasteiger partial charge in [0.25, 0.3) is 0 Å². The fourth-order valence-electron chi connectivity index (χ4n) is 0. The second-order valence-corrected chi connectivity index (χ2v) is 0. The quantitative estimate of drug-likeness (QED) is 0.353. The van der Waals surface area contributed by atoms with Crippen LogP contribution < -0.4 is 0 Å². The van der Waals surface area contributed by atoms with Crippen LogP contribution in [-0.4, -0.2) is 40.7 Å². The molecule has 0 fully saturated rings. The van der Waals surface area contributed by atoms with Crippen LogP contribution in [0.15, 0.2) is 0 Å². The van der Waals surface area contributed by atoms with E-state index in [-0.39, 0.29) is 33.6 Å². The summed E-state index contributed by atoms with van der Waals surface area (Å²) in [6.45, 7) is 36.0. The van der Waals surface area contributed by atoms with Crippen molar-refractivity contribution in [1.82, 2.24) is 0 Å². The molecule has 0 aliphatic heterocycles. The van der Waals surface area contributed by atoms with Gasteiger partial charge in [0.15, 0.2) is 0 Å². The zero-order valence-electron chi connectivity index (χ0n) is 7.93. The minimum Gasteiger partial charge on any atom is -0.573 e. The van der Waals surface area contributed by atoms with Crippen LogP contribution in [0.3, 0.4) is 0 Å². The van der Waals surface area contributed by atoms with E-state index < -0.39 is 0 Å². The molecule has 18 heavy (non-hydrogen) atoms. The van der Waals surface area contributed by atoms with Gasteiger partial charge in [-0.2, -0.15) is 0 Å². The summed E-state index contributed by atoms with van der Waals surface area (Å²) in [6.07, 6.45) is 0. The summed E-state index contributed by atoms with van der Waals surface area (Å²) in [5.74, 6) is 0. The molecule has 0 aliphatic rings. The predicted octanol–water partition coefficient (Wildman–Crippen LogP) is -2.46. The van der Waals surface area contributed by atoms with E-state index >= 15 is 0 Å². The monoisotopic (exact) mass is 342 g/mol. The summed E-state index contributed by atoms with van der Waals surface area (Å²) in [5.41, 5.74) is 0. The molecule has 0 bridgehead atoms. The molecule has 0 saturated carbocycles. The van der Waals surface area contributed by atoms with E-state index in [1.54, 1.807) is 0 Å². The van der Waals surface area contributed by atoms with Gasteiger partial charge in [0.05, 0.1) is 0 Å². The summed E-state index contributed by atoms with van der Waals surface area (Å²) in [5, 5.41) is 0. The molecule has 0 aromatic heterocycles. The maximum atomic E-state index is 7.50. The number of hydrogen-bond donors (Lipinski definition) is 0. The Morgan fingerprint density at radius 3 is 0.333 bits per heavy atom. The van der Waals surface area contributed by atoms with Crippen molar-refractivity contribution in [1.29, 1.82) is 0 Å². The van der Waals surface area contributed by atoms with Gasteiger partial charge in [0, 0.05) is 0 Å². The Hall–Kier alpha value is -1.49. The SMILES string of the molecule is [C-]#[O+].[C-]#[O+].[C-]=O.[C-]=O.[C-]=O.[C-]=O.[C-]=O.[C-]=O.[Co+3].[Co+3]. The molecule has 0 amide bonds. The number of hydrogen-bond acceptors (Lipinski definition) is 6. The van der Waals surface area contributed by atoms with Crippen molar-refractivity contribution in [2.24, 2.45) is 0 Å². The largest absolute Gasteiger partial charge is 3.00 e. The first kappa shape index (κ1) is 93.7. The molecule has 0 unspecified atom stereocenters. The normalized spacial score (nSPS) is 1.56. The van der Waals surface area contributed by atoms with Crippen molar-refractivity contribution in [3.63, 3.8) is 0 Å². The summed E-state index contributed by atoms with van der Waals surface area (Å²) >= 11 is 0. The summed E-state index contributed by atoms with van der Waals surface area (Å²) in [4.78, 5) is 45.0. The second-order valence-electron chi connectivity index (χ2n) is 0. The van der Waals surface area contributed by atoms with E-state index in [1.807, 2.05) is 0 Å². The molecule has 10 heteroatoms. The van der Waals surface area contributed by atoms with Crippen LogP contribution in [-0.2, 0) is 71.6 Å². The van der Waals surface area contributed by atoms with Gasteiger partial charge in [-0.05, 0) is 0 Å². The smallest absolute Gasteiger partial charge is 0.573 e. The fourth-order valence-corrected chi connectivity index (χ4v) is 0. The molecule has 0 aromatic carbocycles. The molecule has 0 aromatic rings. The second kappa shape index (κ2) is 1480. The van der Waals surface area contributed by atoms with E-state index in [0.29, 0.717) is 0 Å². The van der Waals surface area contributed by atoms with Crippen molar-refractivity contribution >= 4 is 40.7 Å². The topological polar surface area (TPSA) is 142 Å². The van der Waals surface area contributed by atoms with Crippen molar-refractivity contribution in [3.8, 4) is 0 Å². The van der Waals surface area contributed by atoms with Crippen LogP contribution in [0.1, 0.15) is 0 Å². The Bertz CT molecular complexity index is 80.1. The van der Waals surface area contributed by atoms with Crippen molar-refractivity contribution < 1.29 is 71.6 Å². The average Bonchev–Trinajstić information content (AvgIpc) is 2.54. The first-order chi connectivity index (χ1) is 8.00. The zero-order chi connectivity index (χ0) is 16.0. The van der Waals surface area contributed by atoms with Crippen molar-refractivity contribution in [2.45, 2.75) is 0 Å². The minimum atomic E-state index is 0. The fraction of sp³-hybridized carbons (Fsp3) is 0. The molecule has 0 rings (SSSR count). The number of rotatable bonds is 0. The maximum Gasteiger partial charge on any atom is 3.00 e. The third-order valence-electron chi connectivity index (χ3n) is 0. The third-order valence-corrected chi connectivity index (χ3v) is 0. The van der Waals surface area contributed by atoms with Crippen LogP contribution in [0.25, 0.3) is 0 Å². The third kappa shape index (κ3) is 1200. The van der Waals surface area contributed by atoms with Gasteiger partial charge in [-0.3, -0.25) is 0 Å². The van der Waals surface area contributed by atoms with Gasteiger partial charge in [-0.15, -0.1) is 0 Å². The maximum absolute atomic E-state index is 7.50. The summed E-state index contributed by atoms with van der Waals surface area (Å²) in [7, 11) is 0. The van der Waals surface area contributed by atoms with E-state index in [0.717, 1.165) is 0 Å². The van der Waals surface area contributed by atoms with E-state index in [4.69, 9.17) is 38.1 Å². The molecular formula is C8Co2O8. The van der Waals surface area contributed by atoms with Crippen LogP contribution in [0.2, 0.25) is 0 Å². The van der Waals surface area contributed by atoms with Gasteiger partial charge < -0.3 is 69.5 Å². The molecule has 0 spiro atoms. The molecule has 0 heterocycles. The van der Waals surface area contributed by atoms with Crippen molar-refractivity contribution in [3.05, 3.63) is 13.3 Å². The molecule has 0 aliphatic carbocycles. The van der Waals surface area contributed by atoms with Gasteiger partial charge in [0.2, 0.25) is 0 Å². The molecule has 98 valence electrons. The Balaban J connectivity index is -0.00000000500. The minimum absolute atomic E-state index is 0. The van der Waals surface area contributed by atoms with Crippen molar-refractivity contribution in [2.75, 3.05) is 0 Å². The van der Waals surface area contributed by atoms with Gasteiger partial charge in [-0.25, -0.2) is 0 Å². The van der Waals surface area contributed by atoms with Gasteiger partial charge in [-0.1, -0.05) is 0 Å². The van der Waals surface area contributed by atoms with Gasteiger partial charge in [0.1, 0.15) is 0 Å². The molecule has 0 saturated heterocycles. The van der Waals surface area contributed by atoms with E-state index in [9.17, 15) is 0 Å². The average molecular weight is 342 g/mol. The number of carbonyl (C=O) groups excluding carboxylic acids is 6. The standard InChI is InChI=1S/8CO.2Co/c8*1-2;;/q;;6*-1;2*+3.